The van der Waals surface area contributed by atoms with E-state index in [0.29, 0.717) is 37.5 Å². The van der Waals surface area contributed by atoms with E-state index in [-0.39, 0.29) is 35.8 Å². The molecule has 0 bridgehead atoms. The van der Waals surface area contributed by atoms with Crippen molar-refractivity contribution < 1.29 is 13.9 Å². The van der Waals surface area contributed by atoms with E-state index in [2.05, 4.69) is 10.3 Å². The minimum absolute atomic E-state index is 0. The van der Waals surface area contributed by atoms with Crippen molar-refractivity contribution in [1.82, 2.24) is 0 Å². The molecule has 1 aliphatic rings. The van der Waals surface area contributed by atoms with Gasteiger partial charge in [0, 0.05) is 24.7 Å². The van der Waals surface area contributed by atoms with Crippen LogP contribution in [0.2, 0.25) is 0 Å². The molecule has 0 fully saturated rings. The smallest absolute Gasteiger partial charge is 0.193 e. The largest absolute Gasteiger partial charge is 0.490 e. The summed E-state index contributed by atoms with van der Waals surface area (Å²) in [7, 11) is 0. The van der Waals surface area contributed by atoms with E-state index in [1.807, 2.05) is 24.3 Å². The van der Waals surface area contributed by atoms with Gasteiger partial charge in [-0.15, -0.1) is 24.0 Å². The van der Waals surface area contributed by atoms with Crippen LogP contribution in [-0.4, -0.2) is 25.7 Å². The predicted molar refractivity (Wildman–Crippen MR) is 108 cm³/mol. The highest BCUT2D eigenvalue weighted by molar-refractivity contribution is 14.0. The van der Waals surface area contributed by atoms with E-state index in [9.17, 15) is 4.39 Å². The van der Waals surface area contributed by atoms with E-state index < -0.39 is 0 Å². The molecule has 3 N–H and O–H groups in total. The fourth-order valence-electron chi connectivity index (χ4n) is 2.43. The molecule has 0 amide bonds. The molecule has 0 aromatic heterocycles. The molecule has 1 heterocycles. The van der Waals surface area contributed by atoms with Gasteiger partial charge in [0.2, 0.25) is 0 Å². The number of nitrogens with one attached hydrogen (secondary N) is 1. The molecule has 0 saturated heterocycles. The van der Waals surface area contributed by atoms with Crippen LogP contribution >= 0.6 is 24.0 Å². The molecular formula is C18H21FIN3O2. The highest BCUT2D eigenvalue weighted by atomic mass is 127. The number of guanidine groups is 1. The topological polar surface area (TPSA) is 68.9 Å². The molecule has 0 aliphatic carbocycles. The van der Waals surface area contributed by atoms with Crippen LogP contribution in [0.15, 0.2) is 47.5 Å². The summed E-state index contributed by atoms with van der Waals surface area (Å²) < 4.78 is 24.8. The number of ether oxygens (including phenoxy) is 2. The van der Waals surface area contributed by atoms with Crippen molar-refractivity contribution in [2.75, 3.05) is 25.1 Å². The van der Waals surface area contributed by atoms with Crippen LogP contribution < -0.4 is 20.5 Å². The van der Waals surface area contributed by atoms with Crippen molar-refractivity contribution >= 4 is 35.6 Å². The molecular weight excluding hydrogens is 436 g/mol. The lowest BCUT2D eigenvalue weighted by Gasteiger charge is -2.10. The minimum Gasteiger partial charge on any atom is -0.490 e. The van der Waals surface area contributed by atoms with Crippen molar-refractivity contribution in [3.8, 4) is 11.5 Å². The summed E-state index contributed by atoms with van der Waals surface area (Å²) in [6.07, 6.45) is 1.35. The Morgan fingerprint density at radius 2 is 1.88 bits per heavy atom. The maximum absolute atomic E-state index is 13.5. The molecule has 0 saturated carbocycles. The van der Waals surface area contributed by atoms with Gasteiger partial charge in [0.05, 0.1) is 13.2 Å². The summed E-state index contributed by atoms with van der Waals surface area (Å²) in [5, 5.41) is 3.01. The number of hydrogen-bond donors (Lipinski definition) is 2. The van der Waals surface area contributed by atoms with Gasteiger partial charge in [0.15, 0.2) is 17.5 Å². The second kappa shape index (κ2) is 9.45. The summed E-state index contributed by atoms with van der Waals surface area (Å²) >= 11 is 0. The van der Waals surface area contributed by atoms with Crippen molar-refractivity contribution in [2.24, 2.45) is 10.7 Å². The van der Waals surface area contributed by atoms with E-state index in [4.69, 9.17) is 15.2 Å². The average Bonchev–Trinajstić information content (AvgIpc) is 2.81. The number of benzene rings is 2. The molecule has 5 nitrogen and oxygen atoms in total. The molecule has 1 aliphatic heterocycles. The Kier molecular flexibility index (Phi) is 7.30. The third-order valence-corrected chi connectivity index (χ3v) is 3.64. The Morgan fingerprint density at radius 1 is 1.12 bits per heavy atom. The fourth-order valence-corrected chi connectivity index (χ4v) is 2.43. The van der Waals surface area contributed by atoms with E-state index >= 15 is 0 Å². The van der Waals surface area contributed by atoms with Crippen LogP contribution in [0.25, 0.3) is 0 Å². The maximum Gasteiger partial charge on any atom is 0.193 e. The monoisotopic (exact) mass is 457 g/mol. The second-order valence-corrected chi connectivity index (χ2v) is 5.45. The van der Waals surface area contributed by atoms with E-state index in [0.717, 1.165) is 17.9 Å². The van der Waals surface area contributed by atoms with Gasteiger partial charge >= 0.3 is 0 Å². The van der Waals surface area contributed by atoms with Crippen molar-refractivity contribution in [3.63, 3.8) is 0 Å². The van der Waals surface area contributed by atoms with Crippen molar-refractivity contribution in [1.29, 1.82) is 0 Å². The van der Waals surface area contributed by atoms with Gasteiger partial charge in [-0.05, 0) is 30.2 Å². The SMILES string of the molecule is I.NC(=NCCc1ccccc1F)Nc1ccc2c(c1)OCCCO2. The molecule has 7 heteroatoms. The average molecular weight is 457 g/mol. The zero-order chi connectivity index (χ0) is 16.8. The number of halogens is 2. The number of hydrogen-bond acceptors (Lipinski definition) is 3. The van der Waals surface area contributed by atoms with Crippen LogP contribution in [0.3, 0.4) is 0 Å². The summed E-state index contributed by atoms with van der Waals surface area (Å²) in [6.45, 7) is 1.69. The van der Waals surface area contributed by atoms with Gasteiger partial charge in [0.1, 0.15) is 5.82 Å². The normalized spacial score (nSPS) is 13.6. The molecule has 2 aromatic rings. The number of aliphatic imine (C=N–C) groups is 1. The van der Waals surface area contributed by atoms with Gasteiger partial charge in [-0.3, -0.25) is 4.99 Å². The first-order valence-electron chi connectivity index (χ1n) is 7.92. The molecule has 25 heavy (non-hydrogen) atoms. The quantitative estimate of drug-likeness (QED) is 0.419. The number of rotatable bonds is 4. The van der Waals surface area contributed by atoms with Crippen LogP contribution in [0.4, 0.5) is 10.1 Å². The summed E-state index contributed by atoms with van der Waals surface area (Å²) in [4.78, 5) is 4.23. The third-order valence-electron chi connectivity index (χ3n) is 3.64. The first-order chi connectivity index (χ1) is 11.7. The number of fused-ring (bicyclic) bond motifs is 1. The lowest BCUT2D eigenvalue weighted by molar-refractivity contribution is 0.297. The summed E-state index contributed by atoms with van der Waals surface area (Å²) in [5.41, 5.74) is 7.29. The predicted octanol–water partition coefficient (Wildman–Crippen LogP) is 3.57. The standard InChI is InChI=1S/C18H20FN3O2.HI/c19-15-5-2-1-4-13(15)8-9-21-18(20)22-14-6-7-16-17(12-14)24-11-3-10-23-16;/h1-2,4-7,12H,3,8-11H2,(H3,20,21,22);1H. The first kappa shape index (κ1) is 19.3. The Morgan fingerprint density at radius 3 is 2.68 bits per heavy atom. The molecule has 0 spiro atoms. The maximum atomic E-state index is 13.5. The number of anilines is 1. The molecule has 0 unspecified atom stereocenters. The lowest BCUT2D eigenvalue weighted by Crippen LogP contribution is -2.23. The Labute approximate surface area is 163 Å². The van der Waals surface area contributed by atoms with Crippen molar-refractivity contribution in [2.45, 2.75) is 12.8 Å². The number of nitrogens with two attached hydrogens (primary N) is 1. The highest BCUT2D eigenvalue weighted by Gasteiger charge is 2.10. The molecule has 3 rings (SSSR count). The van der Waals surface area contributed by atoms with Crippen LogP contribution in [-0.2, 0) is 6.42 Å². The molecule has 2 aromatic carbocycles. The van der Waals surface area contributed by atoms with E-state index in [1.165, 1.54) is 6.07 Å². The molecule has 134 valence electrons. The van der Waals surface area contributed by atoms with E-state index in [1.54, 1.807) is 12.1 Å². The second-order valence-electron chi connectivity index (χ2n) is 5.45. The van der Waals surface area contributed by atoms with Gasteiger partial charge in [0.25, 0.3) is 0 Å². The van der Waals surface area contributed by atoms with Crippen molar-refractivity contribution in [3.05, 3.63) is 53.8 Å². The van der Waals surface area contributed by atoms with Crippen LogP contribution in [0.1, 0.15) is 12.0 Å². The number of nitrogens with zero attached hydrogens (tertiary/aromatic N) is 1. The minimum atomic E-state index is -0.220. The summed E-state index contributed by atoms with van der Waals surface area (Å²) in [6, 6.07) is 12.2. The summed E-state index contributed by atoms with van der Waals surface area (Å²) in [5.74, 6) is 1.48. The van der Waals surface area contributed by atoms with Gasteiger partial charge in [-0.2, -0.15) is 0 Å². The molecule has 0 atom stereocenters. The first-order valence-corrected chi connectivity index (χ1v) is 7.92. The Bertz CT molecular complexity index is 740. The molecule has 0 radical (unpaired) electrons. The zero-order valence-corrected chi connectivity index (χ0v) is 16.0. The van der Waals surface area contributed by atoms with Crippen LogP contribution in [0.5, 0.6) is 11.5 Å². The third kappa shape index (κ3) is 5.48. The van der Waals surface area contributed by atoms with Gasteiger partial charge in [-0.25, -0.2) is 4.39 Å². The Balaban J connectivity index is 0.00000225. The zero-order valence-electron chi connectivity index (χ0n) is 13.7. The lowest BCUT2D eigenvalue weighted by atomic mass is 10.1. The highest BCUT2D eigenvalue weighted by Crippen LogP contribution is 2.32. The van der Waals surface area contributed by atoms with Gasteiger partial charge in [-0.1, -0.05) is 18.2 Å². The van der Waals surface area contributed by atoms with Gasteiger partial charge < -0.3 is 20.5 Å². The van der Waals surface area contributed by atoms with Crippen LogP contribution in [0, 0.1) is 5.82 Å². The fraction of sp³-hybridized carbons (Fsp3) is 0.278. The Hall–Kier alpha value is -2.03.